The third-order valence-electron chi connectivity index (χ3n) is 3.33. The van der Waals surface area contributed by atoms with Gasteiger partial charge in [0.2, 0.25) is 0 Å². The van der Waals surface area contributed by atoms with E-state index in [1.165, 1.54) is 18.4 Å². The quantitative estimate of drug-likeness (QED) is 0.323. The second-order valence-corrected chi connectivity index (χ2v) is 9.25. The van der Waals surface area contributed by atoms with Crippen LogP contribution in [0.3, 0.4) is 0 Å². The number of halogens is 1. The zero-order valence-corrected chi connectivity index (χ0v) is 15.7. The van der Waals surface area contributed by atoms with Crippen LogP contribution in [0.15, 0.2) is 30.3 Å². The molecule has 0 fully saturated rings. The van der Waals surface area contributed by atoms with Crippen molar-refractivity contribution in [2.75, 3.05) is 13.4 Å². The van der Waals surface area contributed by atoms with E-state index in [2.05, 4.69) is 38.9 Å². The maximum Gasteiger partial charge on any atom is 0.471 e. The number of hydrogen-bond acceptors (Lipinski definition) is 2. The van der Waals surface area contributed by atoms with Crippen molar-refractivity contribution < 1.29 is 9.47 Å². The van der Waals surface area contributed by atoms with Gasteiger partial charge < -0.3 is 22.4 Å². The van der Waals surface area contributed by atoms with E-state index in [4.69, 9.17) is 9.47 Å². The first kappa shape index (κ1) is 18.4. The molecule has 0 heterocycles. The Bertz CT molecular complexity index is 335. The first-order valence-corrected chi connectivity index (χ1v) is 12.2. The number of benzene rings is 1. The summed E-state index contributed by atoms with van der Waals surface area (Å²) in [4.78, 5) is 0. The van der Waals surface area contributed by atoms with Gasteiger partial charge in [-0.05, 0) is 24.3 Å². The summed E-state index contributed by atoms with van der Waals surface area (Å²) in [6.45, 7) is 6.53. The minimum absolute atomic E-state index is 0.00860. The van der Waals surface area contributed by atoms with E-state index in [9.17, 15) is 0 Å². The first-order valence-electron chi connectivity index (χ1n) is 7.47. The maximum atomic E-state index is 5.51. The predicted octanol–water partition coefficient (Wildman–Crippen LogP) is 4.81. The SMILES string of the molecule is CC(CCCOCOCc1ccccc1)C[CH](C)[Mg][Br]. The first-order chi connectivity index (χ1) is 9.72. The summed E-state index contributed by atoms with van der Waals surface area (Å²) >= 11 is 3.66. The highest BCUT2D eigenvalue weighted by molar-refractivity contribution is 9.23. The molecule has 1 rings (SSSR count). The average molecular weight is 354 g/mol. The van der Waals surface area contributed by atoms with Crippen LogP contribution in [0.2, 0.25) is 4.05 Å². The molecule has 0 bridgehead atoms. The number of hydrogen-bond donors (Lipinski definition) is 0. The lowest BCUT2D eigenvalue weighted by Crippen LogP contribution is -2.05. The largest absolute Gasteiger partial charge is 0.471 e. The summed E-state index contributed by atoms with van der Waals surface area (Å²) in [6.07, 6.45) is 3.73. The third-order valence-corrected chi connectivity index (χ3v) is 7.51. The zero-order chi connectivity index (χ0) is 14.6. The van der Waals surface area contributed by atoms with Crippen LogP contribution in [0, 0.1) is 5.92 Å². The molecule has 1 aromatic carbocycles. The smallest absolute Gasteiger partial charge is 0.355 e. The van der Waals surface area contributed by atoms with Crippen molar-refractivity contribution in [2.24, 2.45) is 5.92 Å². The van der Waals surface area contributed by atoms with Gasteiger partial charge in [-0.3, -0.25) is 0 Å². The van der Waals surface area contributed by atoms with Crippen molar-refractivity contribution in [1.29, 1.82) is 0 Å². The molecule has 4 heteroatoms. The van der Waals surface area contributed by atoms with Crippen molar-refractivity contribution >= 4 is 31.1 Å². The molecule has 0 spiro atoms. The summed E-state index contributed by atoms with van der Waals surface area (Å²) in [7, 11) is 0. The molecular formula is C16H25BrMgO2. The molecule has 0 aliphatic rings. The van der Waals surface area contributed by atoms with Crippen LogP contribution in [0.4, 0.5) is 0 Å². The molecule has 110 valence electrons. The molecule has 0 radical (unpaired) electrons. The molecule has 0 saturated heterocycles. The molecule has 0 saturated carbocycles. The highest BCUT2D eigenvalue weighted by Crippen LogP contribution is 2.21. The molecular weight excluding hydrogens is 328 g/mol. The van der Waals surface area contributed by atoms with Crippen LogP contribution in [-0.4, -0.2) is 31.6 Å². The Morgan fingerprint density at radius 2 is 1.90 bits per heavy atom. The van der Waals surface area contributed by atoms with E-state index in [0.29, 0.717) is 13.4 Å². The Morgan fingerprint density at radius 1 is 1.15 bits per heavy atom. The van der Waals surface area contributed by atoms with Gasteiger partial charge in [0.1, 0.15) is 6.79 Å². The van der Waals surface area contributed by atoms with Crippen LogP contribution >= 0.6 is 12.9 Å². The molecule has 20 heavy (non-hydrogen) atoms. The van der Waals surface area contributed by atoms with Gasteiger partial charge >= 0.3 is 18.2 Å². The van der Waals surface area contributed by atoms with Crippen molar-refractivity contribution in [1.82, 2.24) is 0 Å². The van der Waals surface area contributed by atoms with Crippen LogP contribution in [0.25, 0.3) is 0 Å². The predicted molar refractivity (Wildman–Crippen MR) is 89.2 cm³/mol. The monoisotopic (exact) mass is 352 g/mol. The lowest BCUT2D eigenvalue weighted by molar-refractivity contribution is -0.0628. The minimum Gasteiger partial charge on any atom is -0.355 e. The van der Waals surface area contributed by atoms with E-state index in [-0.39, 0.29) is 18.2 Å². The Balaban J connectivity index is 1.92. The van der Waals surface area contributed by atoms with Gasteiger partial charge in [-0.2, -0.15) is 0 Å². The fourth-order valence-corrected chi connectivity index (χ4v) is 3.74. The summed E-state index contributed by atoms with van der Waals surface area (Å²) < 4.78 is 11.9. The van der Waals surface area contributed by atoms with Crippen LogP contribution in [0.1, 0.15) is 38.7 Å². The van der Waals surface area contributed by atoms with Gasteiger partial charge in [-0.25, -0.2) is 0 Å². The van der Waals surface area contributed by atoms with E-state index in [0.717, 1.165) is 23.0 Å². The van der Waals surface area contributed by atoms with Gasteiger partial charge in [0.15, 0.2) is 0 Å². The number of ether oxygens (including phenoxy) is 2. The summed E-state index contributed by atoms with van der Waals surface area (Å²) in [6, 6.07) is 10.2. The molecule has 1 aromatic rings. The lowest BCUT2D eigenvalue weighted by atomic mass is 10.0. The molecule has 2 atom stereocenters. The van der Waals surface area contributed by atoms with Crippen molar-refractivity contribution in [3.8, 4) is 0 Å². The summed E-state index contributed by atoms with van der Waals surface area (Å²) in [5.41, 5.74) is 1.19. The second kappa shape index (κ2) is 12.0. The Morgan fingerprint density at radius 3 is 2.60 bits per heavy atom. The second-order valence-electron chi connectivity index (χ2n) is 5.60. The van der Waals surface area contributed by atoms with Crippen LogP contribution in [-0.2, 0) is 16.1 Å². The van der Waals surface area contributed by atoms with E-state index < -0.39 is 0 Å². The highest BCUT2D eigenvalue weighted by Gasteiger charge is 2.09. The van der Waals surface area contributed by atoms with Crippen molar-refractivity contribution in [2.45, 2.75) is 43.8 Å². The molecule has 0 aliphatic heterocycles. The molecule has 2 unspecified atom stereocenters. The number of rotatable bonds is 11. The van der Waals surface area contributed by atoms with Gasteiger partial charge in [-0.15, -0.1) is 4.05 Å². The Labute approximate surface area is 139 Å². The van der Waals surface area contributed by atoms with Crippen molar-refractivity contribution in [3.05, 3.63) is 35.9 Å². The van der Waals surface area contributed by atoms with Crippen molar-refractivity contribution in [3.63, 3.8) is 0 Å². The fraction of sp³-hybridized carbons (Fsp3) is 0.625. The fourth-order valence-electron chi connectivity index (χ4n) is 2.25. The Kier molecular flexibility index (Phi) is 11.0. The maximum absolute atomic E-state index is 5.51. The van der Waals surface area contributed by atoms with Crippen LogP contribution in [0.5, 0.6) is 0 Å². The van der Waals surface area contributed by atoms with Crippen LogP contribution < -0.4 is 0 Å². The standard InChI is InChI=1S/C16H25O2.BrH.Mg/c1-3-8-15(2)9-7-12-17-14-18-13-16-10-5-4-6-11-16;;/h3-6,10-11,15H,7-9,12-14H2,1-2H3;1H;/q;;+1/p-1. The molecule has 2 nitrogen and oxygen atoms in total. The molecule has 0 aliphatic carbocycles. The Hall–Kier alpha value is 0.386. The van der Waals surface area contributed by atoms with Gasteiger partial charge in [0, 0.05) is 6.61 Å². The van der Waals surface area contributed by atoms with Gasteiger partial charge in [-0.1, -0.05) is 50.6 Å². The van der Waals surface area contributed by atoms with Gasteiger partial charge in [0.05, 0.1) is 6.61 Å². The molecule has 0 N–H and O–H groups in total. The highest BCUT2D eigenvalue weighted by atomic mass is 79.9. The van der Waals surface area contributed by atoms with E-state index >= 15 is 0 Å². The molecule has 0 amide bonds. The normalized spacial score (nSPS) is 13.8. The summed E-state index contributed by atoms with van der Waals surface area (Å²) in [5, 5.41) is 0. The third kappa shape index (κ3) is 9.35. The zero-order valence-electron chi connectivity index (χ0n) is 12.7. The van der Waals surface area contributed by atoms with Gasteiger partial charge in [0.25, 0.3) is 0 Å². The lowest BCUT2D eigenvalue weighted by Gasteiger charge is -2.15. The molecule has 0 aromatic heterocycles. The summed E-state index contributed by atoms with van der Waals surface area (Å²) in [5.74, 6) is 0.809. The van der Waals surface area contributed by atoms with E-state index in [1.54, 1.807) is 0 Å². The minimum atomic E-state index is -0.00860. The average Bonchev–Trinajstić information content (AvgIpc) is 2.47. The topological polar surface area (TPSA) is 18.5 Å². The van der Waals surface area contributed by atoms with E-state index in [1.807, 2.05) is 18.2 Å².